The van der Waals surface area contributed by atoms with Gasteiger partial charge in [0, 0.05) is 17.7 Å². The van der Waals surface area contributed by atoms with Crippen molar-refractivity contribution in [3.8, 4) is 0 Å². The van der Waals surface area contributed by atoms with Crippen LogP contribution in [0.1, 0.15) is 31.0 Å². The average Bonchev–Trinajstić information content (AvgIpc) is 2.34. The quantitative estimate of drug-likeness (QED) is 0.540. The predicted molar refractivity (Wildman–Crippen MR) is 70.0 cm³/mol. The van der Waals surface area contributed by atoms with Crippen LogP contribution in [-0.2, 0) is 11.2 Å². The Morgan fingerprint density at radius 3 is 2.58 bits per heavy atom. The lowest BCUT2D eigenvalue weighted by Gasteiger charge is -2.13. The number of aliphatic hydroxyl groups excluding tert-OH is 1. The van der Waals surface area contributed by atoms with Gasteiger partial charge in [0.15, 0.2) is 0 Å². The Kier molecular flexibility index (Phi) is 5.50. The van der Waals surface area contributed by atoms with E-state index in [1.165, 1.54) is 0 Å². The molecule has 0 fully saturated rings. The lowest BCUT2D eigenvalue weighted by molar-refractivity contribution is -0.122. The van der Waals surface area contributed by atoms with Crippen molar-refractivity contribution >= 4 is 5.91 Å². The molecule has 4 N–H and O–H groups in total. The Balaban J connectivity index is 2.65. The minimum absolute atomic E-state index is 0.111. The second kappa shape index (κ2) is 6.89. The maximum Gasteiger partial charge on any atom is 0.325 e. The van der Waals surface area contributed by atoms with Crippen LogP contribution < -0.4 is 16.6 Å². The molecule has 1 rings (SSSR count). The molecule has 0 radical (unpaired) electrons. The van der Waals surface area contributed by atoms with Crippen LogP contribution >= 0.6 is 0 Å². The summed E-state index contributed by atoms with van der Waals surface area (Å²) in [6, 6.07) is -0.262. The van der Waals surface area contributed by atoms with Gasteiger partial charge in [-0.3, -0.25) is 14.6 Å². The normalized spacial score (nSPS) is 12.2. The van der Waals surface area contributed by atoms with Crippen molar-refractivity contribution in [1.82, 2.24) is 15.3 Å². The number of aryl methyl sites for hydroxylation is 1. The smallest absolute Gasteiger partial charge is 0.325 e. The third-order valence-electron chi connectivity index (χ3n) is 2.94. The Labute approximate surface area is 110 Å². The van der Waals surface area contributed by atoms with Gasteiger partial charge in [-0.1, -0.05) is 6.92 Å². The Morgan fingerprint density at radius 2 is 2.05 bits per heavy atom. The van der Waals surface area contributed by atoms with Gasteiger partial charge in [0.2, 0.25) is 5.91 Å². The molecule has 7 nitrogen and oxygen atoms in total. The molecule has 19 heavy (non-hydrogen) atoms. The first kappa shape index (κ1) is 15.2. The van der Waals surface area contributed by atoms with Crippen molar-refractivity contribution in [1.29, 1.82) is 0 Å². The van der Waals surface area contributed by atoms with E-state index in [1.54, 1.807) is 6.92 Å². The summed E-state index contributed by atoms with van der Waals surface area (Å²) < 4.78 is 0. The fourth-order valence-electron chi connectivity index (χ4n) is 1.74. The van der Waals surface area contributed by atoms with Crippen molar-refractivity contribution in [2.45, 2.75) is 39.2 Å². The van der Waals surface area contributed by atoms with Crippen LogP contribution in [0.4, 0.5) is 0 Å². The monoisotopic (exact) mass is 269 g/mol. The van der Waals surface area contributed by atoms with Crippen LogP contribution in [0.3, 0.4) is 0 Å². The summed E-state index contributed by atoms with van der Waals surface area (Å²) in [5, 5.41) is 11.6. The molecule has 0 aliphatic rings. The zero-order chi connectivity index (χ0) is 14.4. The van der Waals surface area contributed by atoms with Crippen molar-refractivity contribution in [3.05, 3.63) is 32.1 Å². The average molecular weight is 269 g/mol. The fraction of sp³-hybridized carbons (Fsp3) is 0.583. The Hall–Kier alpha value is -1.89. The molecule has 1 aromatic heterocycles. The number of rotatable bonds is 6. The minimum Gasteiger partial charge on any atom is -0.394 e. The zero-order valence-corrected chi connectivity index (χ0v) is 11.1. The number of carbonyl (C=O) groups excluding carboxylic acids is 1. The van der Waals surface area contributed by atoms with Gasteiger partial charge in [0.25, 0.3) is 5.56 Å². The van der Waals surface area contributed by atoms with Crippen LogP contribution in [0.2, 0.25) is 0 Å². The van der Waals surface area contributed by atoms with Gasteiger partial charge >= 0.3 is 5.69 Å². The number of aromatic nitrogens is 2. The van der Waals surface area contributed by atoms with Gasteiger partial charge in [0.05, 0.1) is 12.6 Å². The third kappa shape index (κ3) is 4.36. The van der Waals surface area contributed by atoms with Crippen LogP contribution in [-0.4, -0.2) is 33.6 Å². The molecule has 0 unspecified atom stereocenters. The molecule has 1 heterocycles. The second-order valence-corrected chi connectivity index (χ2v) is 4.37. The van der Waals surface area contributed by atoms with Gasteiger partial charge in [-0.05, 0) is 19.8 Å². The predicted octanol–water partition coefficient (Wildman–Crippen LogP) is -0.809. The summed E-state index contributed by atoms with van der Waals surface area (Å²) in [7, 11) is 0. The number of H-pyrrole nitrogens is 2. The van der Waals surface area contributed by atoms with Crippen molar-refractivity contribution < 1.29 is 9.90 Å². The SMILES string of the molecule is CC[C@@H](CO)NC(=O)CCc1c(C)[nH]c(=O)[nH]c1=O. The van der Waals surface area contributed by atoms with E-state index >= 15 is 0 Å². The van der Waals surface area contributed by atoms with E-state index in [4.69, 9.17) is 5.11 Å². The summed E-state index contributed by atoms with van der Waals surface area (Å²) in [6.07, 6.45) is 1.01. The zero-order valence-electron chi connectivity index (χ0n) is 11.1. The maximum atomic E-state index is 11.6. The van der Waals surface area contributed by atoms with E-state index in [0.717, 1.165) is 0 Å². The largest absolute Gasteiger partial charge is 0.394 e. The van der Waals surface area contributed by atoms with Crippen LogP contribution in [0.15, 0.2) is 9.59 Å². The molecule has 0 saturated carbocycles. The lowest BCUT2D eigenvalue weighted by atomic mass is 10.1. The number of hydrogen-bond donors (Lipinski definition) is 4. The molecule has 1 amide bonds. The molecular weight excluding hydrogens is 250 g/mol. The topological polar surface area (TPSA) is 115 Å². The highest BCUT2D eigenvalue weighted by molar-refractivity contribution is 5.76. The highest BCUT2D eigenvalue weighted by Gasteiger charge is 2.12. The number of amides is 1. The highest BCUT2D eigenvalue weighted by atomic mass is 16.3. The van der Waals surface area contributed by atoms with Gasteiger partial charge < -0.3 is 15.4 Å². The first-order valence-electron chi connectivity index (χ1n) is 6.20. The summed E-state index contributed by atoms with van der Waals surface area (Å²) in [5.41, 5.74) is -0.159. The van der Waals surface area contributed by atoms with Gasteiger partial charge in [-0.2, -0.15) is 0 Å². The molecule has 0 aliphatic carbocycles. The standard InChI is InChI=1S/C12H19N3O4/c1-3-8(6-16)14-10(17)5-4-9-7(2)13-12(19)15-11(9)18/h8,16H,3-6H2,1-2H3,(H,14,17)(H2,13,15,18,19)/t8-/m0/s1. The van der Waals surface area contributed by atoms with E-state index in [-0.39, 0.29) is 31.4 Å². The molecule has 0 aromatic carbocycles. The van der Waals surface area contributed by atoms with E-state index in [9.17, 15) is 14.4 Å². The first-order chi connectivity index (χ1) is 8.97. The molecule has 0 bridgehead atoms. The maximum absolute atomic E-state index is 11.6. The van der Waals surface area contributed by atoms with Crippen LogP contribution in [0, 0.1) is 6.92 Å². The fourth-order valence-corrected chi connectivity index (χ4v) is 1.74. The van der Waals surface area contributed by atoms with E-state index < -0.39 is 11.2 Å². The van der Waals surface area contributed by atoms with Crippen molar-refractivity contribution in [2.75, 3.05) is 6.61 Å². The summed E-state index contributed by atoms with van der Waals surface area (Å²) in [6.45, 7) is 3.37. The van der Waals surface area contributed by atoms with E-state index in [1.807, 2.05) is 6.92 Å². The second-order valence-electron chi connectivity index (χ2n) is 4.37. The van der Waals surface area contributed by atoms with E-state index in [2.05, 4.69) is 15.3 Å². The third-order valence-corrected chi connectivity index (χ3v) is 2.94. The van der Waals surface area contributed by atoms with Crippen LogP contribution in [0.25, 0.3) is 0 Å². The summed E-state index contributed by atoms with van der Waals surface area (Å²) in [5.74, 6) is -0.231. The molecule has 1 atom stereocenters. The van der Waals surface area contributed by atoms with Gasteiger partial charge in [-0.25, -0.2) is 4.79 Å². The molecule has 106 valence electrons. The Bertz CT molecular complexity index is 543. The molecular formula is C12H19N3O4. The summed E-state index contributed by atoms with van der Waals surface area (Å²) >= 11 is 0. The number of aromatic amines is 2. The molecule has 0 spiro atoms. The summed E-state index contributed by atoms with van der Waals surface area (Å²) in [4.78, 5) is 38.8. The lowest BCUT2D eigenvalue weighted by Crippen LogP contribution is -2.37. The number of nitrogens with one attached hydrogen (secondary N) is 3. The van der Waals surface area contributed by atoms with Crippen molar-refractivity contribution in [2.24, 2.45) is 0 Å². The molecule has 0 saturated heterocycles. The van der Waals surface area contributed by atoms with Gasteiger partial charge in [-0.15, -0.1) is 0 Å². The van der Waals surface area contributed by atoms with E-state index in [0.29, 0.717) is 17.7 Å². The number of aliphatic hydroxyl groups is 1. The van der Waals surface area contributed by atoms with Crippen LogP contribution in [0.5, 0.6) is 0 Å². The van der Waals surface area contributed by atoms with Crippen molar-refractivity contribution in [3.63, 3.8) is 0 Å². The minimum atomic E-state index is -0.554. The number of hydrogen-bond acceptors (Lipinski definition) is 4. The number of carbonyl (C=O) groups is 1. The van der Waals surface area contributed by atoms with Gasteiger partial charge in [0.1, 0.15) is 0 Å². The Morgan fingerprint density at radius 1 is 1.37 bits per heavy atom. The first-order valence-corrected chi connectivity index (χ1v) is 6.20. The molecule has 1 aromatic rings. The molecule has 7 heteroatoms. The molecule has 0 aliphatic heterocycles. The highest BCUT2D eigenvalue weighted by Crippen LogP contribution is 2.00.